The van der Waals surface area contributed by atoms with E-state index in [9.17, 15) is 4.79 Å². The van der Waals surface area contributed by atoms with Crippen molar-refractivity contribution in [3.8, 4) is 11.5 Å². The second kappa shape index (κ2) is 6.13. The highest BCUT2D eigenvalue weighted by Gasteiger charge is 2.25. The number of nitrogens with zero attached hydrogens (tertiary/aromatic N) is 1. The smallest absolute Gasteiger partial charge is 0.410 e. The Hall–Kier alpha value is -1.43. The fourth-order valence-electron chi connectivity index (χ4n) is 2.02. The summed E-state index contributed by atoms with van der Waals surface area (Å²) in [6, 6.07) is 3.74. The lowest BCUT2D eigenvalue weighted by molar-refractivity contribution is 0.0225. The molecule has 0 bridgehead atoms. The Bertz CT molecular complexity index is 539. The zero-order valence-electron chi connectivity index (χ0n) is 12.7. The second-order valence-corrected chi connectivity index (χ2v) is 6.70. The fraction of sp³-hybridized carbons (Fsp3) is 0.533. The predicted octanol–water partition coefficient (Wildman–Crippen LogP) is 3.59. The van der Waals surface area contributed by atoms with Crippen molar-refractivity contribution in [1.29, 1.82) is 0 Å². The van der Waals surface area contributed by atoms with Gasteiger partial charge in [0.25, 0.3) is 0 Å². The van der Waals surface area contributed by atoms with Gasteiger partial charge in [0, 0.05) is 5.56 Å². The summed E-state index contributed by atoms with van der Waals surface area (Å²) >= 11 is 3.43. The van der Waals surface area contributed by atoms with Crippen LogP contribution in [-0.2, 0) is 11.3 Å². The number of carbonyl (C=O) groups is 1. The molecular weight excluding hydrogens is 338 g/mol. The van der Waals surface area contributed by atoms with E-state index in [1.165, 1.54) is 0 Å². The van der Waals surface area contributed by atoms with E-state index in [1.807, 2.05) is 32.9 Å². The van der Waals surface area contributed by atoms with Crippen LogP contribution in [0.4, 0.5) is 4.79 Å². The van der Waals surface area contributed by atoms with E-state index in [1.54, 1.807) is 12.0 Å². The molecular formula is C15H20BrNO4. The molecule has 1 aliphatic rings. The number of rotatable bonds is 1. The van der Waals surface area contributed by atoms with Gasteiger partial charge in [0.2, 0.25) is 0 Å². The minimum Gasteiger partial charge on any atom is -0.496 e. The summed E-state index contributed by atoms with van der Waals surface area (Å²) in [5.41, 5.74) is 0.392. The fourth-order valence-corrected chi connectivity index (χ4v) is 2.51. The lowest BCUT2D eigenvalue weighted by Crippen LogP contribution is -2.37. The first-order valence-electron chi connectivity index (χ1n) is 6.77. The van der Waals surface area contributed by atoms with Crippen molar-refractivity contribution in [2.75, 3.05) is 20.3 Å². The molecule has 6 heteroatoms. The topological polar surface area (TPSA) is 48.0 Å². The van der Waals surface area contributed by atoms with Crippen LogP contribution in [0.1, 0.15) is 26.3 Å². The average Bonchev–Trinajstić information content (AvgIpc) is 2.57. The SMILES string of the molecule is COc1cc2c(cc1Br)OCCN(C(=O)OC(C)(C)C)C2. The summed E-state index contributed by atoms with van der Waals surface area (Å²) in [4.78, 5) is 13.8. The Labute approximate surface area is 133 Å². The molecule has 0 radical (unpaired) electrons. The number of halogens is 1. The summed E-state index contributed by atoms with van der Waals surface area (Å²) in [5, 5.41) is 0. The van der Waals surface area contributed by atoms with Crippen LogP contribution in [0.15, 0.2) is 16.6 Å². The lowest BCUT2D eigenvalue weighted by Gasteiger charge is -2.26. The number of benzene rings is 1. The number of ether oxygens (including phenoxy) is 3. The molecule has 1 aromatic carbocycles. The molecule has 0 spiro atoms. The number of carbonyl (C=O) groups excluding carboxylic acids is 1. The first-order chi connectivity index (χ1) is 9.80. The molecule has 5 nitrogen and oxygen atoms in total. The van der Waals surface area contributed by atoms with Crippen LogP contribution in [-0.4, -0.2) is 36.9 Å². The van der Waals surface area contributed by atoms with Crippen LogP contribution in [0, 0.1) is 0 Å². The summed E-state index contributed by atoms with van der Waals surface area (Å²) in [5.74, 6) is 1.47. The van der Waals surface area contributed by atoms with Crippen molar-refractivity contribution < 1.29 is 19.0 Å². The zero-order chi connectivity index (χ0) is 15.6. The molecule has 21 heavy (non-hydrogen) atoms. The minimum atomic E-state index is -0.509. The number of amides is 1. The van der Waals surface area contributed by atoms with Gasteiger partial charge in [0.05, 0.1) is 24.7 Å². The summed E-state index contributed by atoms with van der Waals surface area (Å²) in [7, 11) is 1.61. The Kier molecular flexibility index (Phi) is 4.66. The maximum Gasteiger partial charge on any atom is 0.410 e. The van der Waals surface area contributed by atoms with Gasteiger partial charge >= 0.3 is 6.09 Å². The largest absolute Gasteiger partial charge is 0.496 e. The van der Waals surface area contributed by atoms with Crippen LogP contribution in [0.3, 0.4) is 0 Å². The first kappa shape index (κ1) is 15.9. The van der Waals surface area contributed by atoms with Crippen LogP contribution in [0.25, 0.3) is 0 Å². The van der Waals surface area contributed by atoms with E-state index in [0.717, 1.165) is 15.8 Å². The van der Waals surface area contributed by atoms with Gasteiger partial charge in [0.1, 0.15) is 23.7 Å². The molecule has 116 valence electrons. The van der Waals surface area contributed by atoms with Gasteiger partial charge in [-0.15, -0.1) is 0 Å². The van der Waals surface area contributed by atoms with Gasteiger partial charge in [-0.05, 0) is 48.8 Å². The van der Waals surface area contributed by atoms with Crippen LogP contribution >= 0.6 is 15.9 Å². The van der Waals surface area contributed by atoms with Gasteiger partial charge in [-0.3, -0.25) is 0 Å². The Morgan fingerprint density at radius 3 is 2.71 bits per heavy atom. The van der Waals surface area contributed by atoms with E-state index < -0.39 is 5.60 Å². The van der Waals surface area contributed by atoms with Gasteiger partial charge in [-0.1, -0.05) is 0 Å². The predicted molar refractivity (Wildman–Crippen MR) is 82.8 cm³/mol. The molecule has 0 aliphatic carbocycles. The van der Waals surface area contributed by atoms with Crippen molar-refractivity contribution in [2.24, 2.45) is 0 Å². The van der Waals surface area contributed by atoms with E-state index in [2.05, 4.69) is 15.9 Å². The third kappa shape index (κ3) is 4.03. The Morgan fingerprint density at radius 1 is 1.38 bits per heavy atom. The Morgan fingerprint density at radius 2 is 2.10 bits per heavy atom. The second-order valence-electron chi connectivity index (χ2n) is 5.84. The number of fused-ring (bicyclic) bond motifs is 1. The van der Waals surface area contributed by atoms with Crippen molar-refractivity contribution >= 4 is 22.0 Å². The monoisotopic (exact) mass is 357 g/mol. The van der Waals surface area contributed by atoms with E-state index >= 15 is 0 Å². The standard InChI is InChI=1S/C15H20BrNO4/c1-15(2,3)21-14(18)17-5-6-20-12-8-11(16)13(19-4)7-10(12)9-17/h7-8H,5-6,9H2,1-4H3. The summed E-state index contributed by atoms with van der Waals surface area (Å²) < 4.78 is 17.2. The Balaban J connectivity index is 2.22. The molecule has 1 aromatic rings. The third-order valence-corrected chi connectivity index (χ3v) is 3.59. The molecule has 0 N–H and O–H groups in total. The highest BCUT2D eigenvalue weighted by atomic mass is 79.9. The van der Waals surface area contributed by atoms with Gasteiger partial charge in [-0.25, -0.2) is 4.79 Å². The highest BCUT2D eigenvalue weighted by molar-refractivity contribution is 9.10. The maximum atomic E-state index is 12.2. The van der Waals surface area contributed by atoms with Gasteiger partial charge in [0.15, 0.2) is 0 Å². The molecule has 1 aliphatic heterocycles. The lowest BCUT2D eigenvalue weighted by atomic mass is 10.2. The van der Waals surface area contributed by atoms with Crippen LogP contribution in [0.2, 0.25) is 0 Å². The van der Waals surface area contributed by atoms with Gasteiger partial charge in [-0.2, -0.15) is 0 Å². The third-order valence-electron chi connectivity index (χ3n) is 2.97. The molecule has 0 fully saturated rings. The number of hydrogen-bond donors (Lipinski definition) is 0. The molecule has 0 unspecified atom stereocenters. The molecule has 0 aromatic heterocycles. The van der Waals surface area contributed by atoms with E-state index in [-0.39, 0.29) is 6.09 Å². The summed E-state index contributed by atoms with van der Waals surface area (Å²) in [6.45, 7) is 6.93. The van der Waals surface area contributed by atoms with Crippen molar-refractivity contribution in [3.63, 3.8) is 0 Å². The van der Waals surface area contributed by atoms with Crippen molar-refractivity contribution in [2.45, 2.75) is 32.9 Å². The number of hydrogen-bond acceptors (Lipinski definition) is 4. The molecule has 0 saturated carbocycles. The quantitative estimate of drug-likeness (QED) is 0.770. The summed E-state index contributed by atoms with van der Waals surface area (Å²) in [6.07, 6.45) is -0.333. The zero-order valence-corrected chi connectivity index (χ0v) is 14.3. The van der Waals surface area contributed by atoms with Crippen molar-refractivity contribution in [3.05, 3.63) is 22.2 Å². The van der Waals surface area contributed by atoms with E-state index in [0.29, 0.717) is 25.4 Å². The molecule has 1 heterocycles. The molecule has 0 atom stereocenters. The first-order valence-corrected chi connectivity index (χ1v) is 7.56. The van der Waals surface area contributed by atoms with Crippen molar-refractivity contribution in [1.82, 2.24) is 4.90 Å². The normalized spacial score (nSPS) is 14.8. The highest BCUT2D eigenvalue weighted by Crippen LogP contribution is 2.34. The average molecular weight is 358 g/mol. The van der Waals surface area contributed by atoms with E-state index in [4.69, 9.17) is 14.2 Å². The number of methoxy groups -OCH3 is 1. The maximum absolute atomic E-state index is 12.2. The van der Waals surface area contributed by atoms with Gasteiger partial charge < -0.3 is 19.1 Å². The van der Waals surface area contributed by atoms with Crippen LogP contribution in [0.5, 0.6) is 11.5 Å². The van der Waals surface area contributed by atoms with Crippen LogP contribution < -0.4 is 9.47 Å². The minimum absolute atomic E-state index is 0.333. The molecule has 1 amide bonds. The molecule has 0 saturated heterocycles. The molecule has 2 rings (SSSR count).